The second-order valence-electron chi connectivity index (χ2n) is 6.28. The molecule has 1 saturated heterocycles. The molecule has 0 spiro atoms. The summed E-state index contributed by atoms with van der Waals surface area (Å²) >= 11 is 0. The topological polar surface area (TPSA) is 49.4 Å². The third-order valence-electron chi connectivity index (χ3n) is 4.50. The summed E-state index contributed by atoms with van der Waals surface area (Å²) in [4.78, 5) is 26.9. The zero-order chi connectivity index (χ0) is 15.3. The molecule has 0 radical (unpaired) electrons. The maximum atomic E-state index is 12.7. The van der Waals surface area contributed by atoms with E-state index in [1.807, 2.05) is 25.7 Å². The van der Waals surface area contributed by atoms with Gasteiger partial charge in [-0.2, -0.15) is 0 Å². The Labute approximate surface area is 123 Å². The van der Waals surface area contributed by atoms with Crippen molar-refractivity contribution in [1.82, 2.24) is 10.2 Å². The summed E-state index contributed by atoms with van der Waals surface area (Å²) in [5, 5.41) is 2.91. The molecule has 3 unspecified atom stereocenters. The number of hydrogen-bond acceptors (Lipinski definition) is 2. The molecule has 0 aromatic rings. The highest BCUT2D eigenvalue weighted by Gasteiger charge is 2.47. The number of carbonyl (C=O) groups excluding carboxylic acids is 2. The lowest BCUT2D eigenvalue weighted by Crippen LogP contribution is -2.69. The fraction of sp³-hybridized carbons (Fsp3) is 0.875. The molecule has 2 amide bonds. The minimum atomic E-state index is -0.691. The normalized spacial score (nSPS) is 28.4. The molecule has 4 heteroatoms. The first-order chi connectivity index (χ1) is 9.40. The maximum Gasteiger partial charge on any atom is 0.246 e. The van der Waals surface area contributed by atoms with Gasteiger partial charge in [-0.15, -0.1) is 0 Å². The Morgan fingerprint density at radius 1 is 1.25 bits per heavy atom. The van der Waals surface area contributed by atoms with Gasteiger partial charge in [-0.1, -0.05) is 40.5 Å². The first kappa shape index (κ1) is 17.0. The zero-order valence-electron chi connectivity index (χ0n) is 13.7. The van der Waals surface area contributed by atoms with Crippen LogP contribution in [-0.4, -0.2) is 34.8 Å². The van der Waals surface area contributed by atoms with Gasteiger partial charge in [-0.05, 0) is 32.1 Å². The predicted octanol–water partition coefficient (Wildman–Crippen LogP) is 2.72. The Hall–Kier alpha value is -1.06. The first-order valence-electron chi connectivity index (χ1n) is 8.03. The van der Waals surface area contributed by atoms with Crippen LogP contribution in [0.15, 0.2) is 0 Å². The second kappa shape index (κ2) is 7.09. The third kappa shape index (κ3) is 3.33. The van der Waals surface area contributed by atoms with Crippen molar-refractivity contribution in [3.05, 3.63) is 0 Å². The molecule has 1 heterocycles. The molecule has 116 valence electrons. The van der Waals surface area contributed by atoms with Gasteiger partial charge in [-0.25, -0.2) is 0 Å². The van der Waals surface area contributed by atoms with Crippen molar-refractivity contribution in [2.75, 3.05) is 6.54 Å². The standard InChI is InChI=1S/C16H30N2O2/c1-6-9-12(4)11-18-14(19)13(10-7-2)17-15(20)16(18,5)8-3/h12-13H,6-11H2,1-5H3,(H,17,20). The number of amides is 2. The van der Waals surface area contributed by atoms with Crippen molar-refractivity contribution in [2.24, 2.45) is 5.92 Å². The van der Waals surface area contributed by atoms with Crippen LogP contribution in [0, 0.1) is 5.92 Å². The highest BCUT2D eigenvalue weighted by atomic mass is 16.2. The zero-order valence-corrected chi connectivity index (χ0v) is 13.7. The minimum Gasteiger partial charge on any atom is -0.342 e. The molecular weight excluding hydrogens is 252 g/mol. The summed E-state index contributed by atoms with van der Waals surface area (Å²) < 4.78 is 0. The van der Waals surface area contributed by atoms with Crippen LogP contribution in [0.2, 0.25) is 0 Å². The lowest BCUT2D eigenvalue weighted by molar-refractivity contribution is -0.157. The van der Waals surface area contributed by atoms with Gasteiger partial charge in [0.05, 0.1) is 0 Å². The van der Waals surface area contributed by atoms with Crippen LogP contribution in [0.5, 0.6) is 0 Å². The van der Waals surface area contributed by atoms with Crippen LogP contribution in [0.25, 0.3) is 0 Å². The molecule has 0 aromatic heterocycles. The van der Waals surface area contributed by atoms with E-state index < -0.39 is 5.54 Å². The van der Waals surface area contributed by atoms with Crippen molar-refractivity contribution in [1.29, 1.82) is 0 Å². The van der Waals surface area contributed by atoms with Crippen LogP contribution in [0.3, 0.4) is 0 Å². The van der Waals surface area contributed by atoms with E-state index in [0.717, 1.165) is 25.7 Å². The molecule has 0 aromatic carbocycles. The van der Waals surface area contributed by atoms with E-state index in [1.54, 1.807) is 0 Å². The van der Waals surface area contributed by atoms with Gasteiger partial charge in [0.25, 0.3) is 0 Å². The highest BCUT2D eigenvalue weighted by Crippen LogP contribution is 2.28. The Bertz CT molecular complexity index is 356. The van der Waals surface area contributed by atoms with E-state index in [-0.39, 0.29) is 17.9 Å². The number of carbonyl (C=O) groups is 2. The number of piperazine rings is 1. The summed E-state index contributed by atoms with van der Waals surface area (Å²) in [5.41, 5.74) is -0.691. The number of hydrogen-bond donors (Lipinski definition) is 1. The molecule has 1 fully saturated rings. The molecule has 4 nitrogen and oxygen atoms in total. The van der Waals surface area contributed by atoms with Gasteiger partial charge in [0.15, 0.2) is 0 Å². The molecule has 1 aliphatic heterocycles. The van der Waals surface area contributed by atoms with Gasteiger partial charge in [0.1, 0.15) is 11.6 Å². The summed E-state index contributed by atoms with van der Waals surface area (Å²) in [6.07, 6.45) is 4.48. The second-order valence-corrected chi connectivity index (χ2v) is 6.28. The lowest BCUT2D eigenvalue weighted by Gasteiger charge is -2.47. The monoisotopic (exact) mass is 282 g/mol. The molecule has 0 bridgehead atoms. The van der Waals surface area contributed by atoms with E-state index in [0.29, 0.717) is 18.9 Å². The van der Waals surface area contributed by atoms with Crippen LogP contribution in [-0.2, 0) is 9.59 Å². The predicted molar refractivity (Wildman–Crippen MR) is 81.3 cm³/mol. The van der Waals surface area contributed by atoms with Crippen LogP contribution in [0.4, 0.5) is 0 Å². The molecule has 1 aliphatic rings. The number of rotatable bonds is 7. The van der Waals surface area contributed by atoms with E-state index in [9.17, 15) is 9.59 Å². The fourth-order valence-electron chi connectivity index (χ4n) is 2.95. The average molecular weight is 282 g/mol. The minimum absolute atomic E-state index is 0.00162. The number of nitrogens with one attached hydrogen (secondary N) is 1. The van der Waals surface area contributed by atoms with E-state index >= 15 is 0 Å². The average Bonchev–Trinajstić information content (AvgIpc) is 2.41. The first-order valence-corrected chi connectivity index (χ1v) is 8.03. The van der Waals surface area contributed by atoms with Crippen molar-refractivity contribution in [2.45, 2.75) is 78.3 Å². The molecule has 20 heavy (non-hydrogen) atoms. The maximum absolute atomic E-state index is 12.7. The summed E-state index contributed by atoms with van der Waals surface area (Å²) in [6.45, 7) is 10.9. The van der Waals surface area contributed by atoms with Gasteiger partial charge in [0, 0.05) is 6.54 Å². The largest absolute Gasteiger partial charge is 0.342 e. The smallest absolute Gasteiger partial charge is 0.246 e. The van der Waals surface area contributed by atoms with Gasteiger partial charge in [-0.3, -0.25) is 9.59 Å². The van der Waals surface area contributed by atoms with Crippen LogP contribution >= 0.6 is 0 Å². The summed E-state index contributed by atoms with van der Waals surface area (Å²) in [7, 11) is 0. The van der Waals surface area contributed by atoms with E-state index in [1.165, 1.54) is 0 Å². The molecule has 0 aliphatic carbocycles. The summed E-state index contributed by atoms with van der Waals surface area (Å²) in [6, 6.07) is -0.332. The summed E-state index contributed by atoms with van der Waals surface area (Å²) in [5.74, 6) is 0.531. The van der Waals surface area contributed by atoms with Crippen molar-refractivity contribution in [3.63, 3.8) is 0 Å². The Morgan fingerprint density at radius 3 is 2.40 bits per heavy atom. The Balaban J connectivity index is 2.96. The van der Waals surface area contributed by atoms with Gasteiger partial charge >= 0.3 is 0 Å². The quantitative estimate of drug-likeness (QED) is 0.780. The molecular formula is C16H30N2O2. The number of nitrogens with zero attached hydrogens (tertiary/aromatic N) is 1. The fourth-order valence-corrected chi connectivity index (χ4v) is 2.95. The highest BCUT2D eigenvalue weighted by molar-refractivity contribution is 5.99. The SMILES string of the molecule is CCCC(C)CN1C(=O)C(CCC)NC(=O)C1(C)CC. The molecule has 0 saturated carbocycles. The van der Waals surface area contributed by atoms with Crippen molar-refractivity contribution >= 4 is 11.8 Å². The molecule has 1 N–H and O–H groups in total. The third-order valence-corrected chi connectivity index (χ3v) is 4.50. The van der Waals surface area contributed by atoms with E-state index in [2.05, 4.69) is 19.2 Å². The van der Waals surface area contributed by atoms with Crippen LogP contribution < -0.4 is 5.32 Å². The Kier molecular flexibility index (Phi) is 6.03. The van der Waals surface area contributed by atoms with E-state index in [4.69, 9.17) is 0 Å². The Morgan fingerprint density at radius 2 is 1.90 bits per heavy atom. The van der Waals surface area contributed by atoms with Crippen molar-refractivity contribution in [3.8, 4) is 0 Å². The van der Waals surface area contributed by atoms with Crippen molar-refractivity contribution < 1.29 is 9.59 Å². The van der Waals surface area contributed by atoms with Gasteiger partial charge < -0.3 is 10.2 Å². The van der Waals surface area contributed by atoms with Crippen LogP contribution in [0.1, 0.15) is 66.7 Å². The lowest BCUT2D eigenvalue weighted by atomic mass is 9.88. The molecule has 1 rings (SSSR count). The van der Waals surface area contributed by atoms with Gasteiger partial charge in [0.2, 0.25) is 11.8 Å². The molecule has 3 atom stereocenters.